The number of thiophene rings is 1. The Morgan fingerprint density at radius 3 is 2.96 bits per heavy atom. The van der Waals surface area contributed by atoms with Gasteiger partial charge in [-0.05, 0) is 57.1 Å². The van der Waals surface area contributed by atoms with Crippen LogP contribution in [0.4, 0.5) is 0 Å². The van der Waals surface area contributed by atoms with E-state index in [1.54, 1.807) is 11.3 Å². The van der Waals surface area contributed by atoms with Crippen molar-refractivity contribution in [1.29, 1.82) is 0 Å². The summed E-state index contributed by atoms with van der Waals surface area (Å²) in [5.74, 6) is 0.790. The Balaban J connectivity index is 1.57. The van der Waals surface area contributed by atoms with Gasteiger partial charge in [0.05, 0.1) is 11.9 Å². The fourth-order valence-corrected chi connectivity index (χ4v) is 4.85. The summed E-state index contributed by atoms with van der Waals surface area (Å²) in [6.45, 7) is 1.93. The van der Waals surface area contributed by atoms with Gasteiger partial charge < -0.3 is 10.1 Å². The minimum absolute atomic E-state index is 0.0375. The molecule has 2 aliphatic rings. The third-order valence-corrected chi connectivity index (χ3v) is 6.08. The molecule has 0 spiro atoms. The maximum absolute atomic E-state index is 12.5. The molecule has 4 rings (SSSR count). The van der Waals surface area contributed by atoms with E-state index in [1.807, 2.05) is 0 Å². The highest BCUT2D eigenvalue weighted by Gasteiger charge is 2.29. The predicted octanol–water partition coefficient (Wildman–Crippen LogP) is 2.21. The van der Waals surface area contributed by atoms with Crippen molar-refractivity contribution in [2.45, 2.75) is 57.5 Å². The lowest BCUT2D eigenvalue weighted by atomic mass is 10.2. The van der Waals surface area contributed by atoms with Crippen LogP contribution in [0.25, 0.3) is 10.2 Å². The average molecular weight is 333 g/mol. The Hall–Kier alpha value is -1.24. The Morgan fingerprint density at radius 2 is 2.17 bits per heavy atom. The van der Waals surface area contributed by atoms with E-state index in [4.69, 9.17) is 10.1 Å². The minimum atomic E-state index is 0.0375. The molecule has 23 heavy (non-hydrogen) atoms. The van der Waals surface area contributed by atoms with Crippen LogP contribution in [0.3, 0.4) is 0 Å². The van der Waals surface area contributed by atoms with Crippen molar-refractivity contribution in [2.24, 2.45) is 0 Å². The SMILES string of the molecule is O=c1[nH]c(CN(CCCCO)C2CC2)nc2sc3c(c12)CCC3. The van der Waals surface area contributed by atoms with Gasteiger partial charge in [-0.25, -0.2) is 4.98 Å². The van der Waals surface area contributed by atoms with Crippen LogP contribution in [-0.4, -0.2) is 39.2 Å². The quantitative estimate of drug-likeness (QED) is 0.762. The summed E-state index contributed by atoms with van der Waals surface area (Å²) >= 11 is 1.70. The highest BCUT2D eigenvalue weighted by atomic mass is 32.1. The molecule has 2 heterocycles. The zero-order chi connectivity index (χ0) is 15.8. The van der Waals surface area contributed by atoms with Crippen LogP contribution in [-0.2, 0) is 19.4 Å². The van der Waals surface area contributed by atoms with Crippen molar-refractivity contribution in [1.82, 2.24) is 14.9 Å². The molecule has 2 aromatic heterocycles. The number of hydrogen-bond acceptors (Lipinski definition) is 5. The number of nitrogens with zero attached hydrogens (tertiary/aromatic N) is 2. The molecular formula is C17H23N3O2S. The Bertz CT molecular complexity index is 763. The van der Waals surface area contributed by atoms with Crippen LogP contribution in [0.1, 0.15) is 48.4 Å². The average Bonchev–Trinajstić information content (AvgIpc) is 3.17. The lowest BCUT2D eigenvalue weighted by Gasteiger charge is -2.21. The lowest BCUT2D eigenvalue weighted by molar-refractivity contribution is 0.225. The van der Waals surface area contributed by atoms with Gasteiger partial charge in [0.25, 0.3) is 5.56 Å². The lowest BCUT2D eigenvalue weighted by Crippen LogP contribution is -2.29. The van der Waals surface area contributed by atoms with E-state index in [0.717, 1.165) is 48.3 Å². The molecule has 0 amide bonds. The first-order valence-corrected chi connectivity index (χ1v) is 9.46. The standard InChI is InChI=1S/C17H23N3O2S/c21-9-2-1-8-20(11-6-7-11)10-14-18-16(22)15-12-4-3-5-13(12)23-17(15)19-14/h11,21H,1-10H2,(H,18,19,22). The third-order valence-electron chi connectivity index (χ3n) is 4.89. The first-order chi connectivity index (χ1) is 11.3. The first kappa shape index (κ1) is 15.3. The van der Waals surface area contributed by atoms with Gasteiger partial charge in [-0.15, -0.1) is 11.3 Å². The largest absolute Gasteiger partial charge is 0.396 e. The molecule has 0 unspecified atom stereocenters. The van der Waals surface area contributed by atoms with Crippen molar-refractivity contribution >= 4 is 21.6 Å². The summed E-state index contributed by atoms with van der Waals surface area (Å²) < 4.78 is 0. The molecule has 2 aromatic rings. The number of nitrogens with one attached hydrogen (secondary N) is 1. The van der Waals surface area contributed by atoms with E-state index in [0.29, 0.717) is 12.6 Å². The number of hydrogen-bond donors (Lipinski definition) is 2. The summed E-state index contributed by atoms with van der Waals surface area (Å²) in [6, 6.07) is 0.628. The molecule has 6 heteroatoms. The van der Waals surface area contributed by atoms with Crippen LogP contribution in [0.5, 0.6) is 0 Å². The minimum Gasteiger partial charge on any atom is -0.396 e. The summed E-state index contributed by atoms with van der Waals surface area (Å²) in [7, 11) is 0. The highest BCUT2D eigenvalue weighted by molar-refractivity contribution is 7.18. The fraction of sp³-hybridized carbons (Fsp3) is 0.647. The van der Waals surface area contributed by atoms with Crippen molar-refractivity contribution in [3.63, 3.8) is 0 Å². The van der Waals surface area contributed by atoms with E-state index in [-0.39, 0.29) is 12.2 Å². The molecule has 5 nitrogen and oxygen atoms in total. The maximum atomic E-state index is 12.5. The fourth-order valence-electron chi connectivity index (χ4n) is 3.57. The summed E-state index contributed by atoms with van der Waals surface area (Å²) in [5.41, 5.74) is 1.28. The Morgan fingerprint density at radius 1 is 1.30 bits per heavy atom. The van der Waals surface area contributed by atoms with Gasteiger partial charge in [0.15, 0.2) is 0 Å². The van der Waals surface area contributed by atoms with E-state index < -0.39 is 0 Å². The van der Waals surface area contributed by atoms with E-state index in [1.165, 1.54) is 29.7 Å². The molecule has 0 saturated heterocycles. The maximum Gasteiger partial charge on any atom is 0.259 e. The molecule has 0 bridgehead atoms. The second kappa shape index (κ2) is 6.34. The van der Waals surface area contributed by atoms with Crippen LogP contribution < -0.4 is 5.56 Å². The number of aromatic nitrogens is 2. The third kappa shape index (κ3) is 3.07. The van der Waals surface area contributed by atoms with Crippen molar-refractivity contribution in [2.75, 3.05) is 13.2 Å². The Labute approximate surface area is 139 Å². The molecule has 2 aliphatic carbocycles. The number of aryl methyl sites for hydroxylation is 2. The summed E-state index contributed by atoms with van der Waals surface area (Å²) in [5, 5.41) is 9.80. The number of rotatable bonds is 7. The van der Waals surface area contributed by atoms with Crippen LogP contribution in [0.2, 0.25) is 0 Å². The Kier molecular flexibility index (Phi) is 4.22. The number of unbranched alkanes of at least 4 members (excludes halogenated alkanes) is 1. The number of fused-ring (bicyclic) bond motifs is 3. The van der Waals surface area contributed by atoms with Gasteiger partial charge in [0, 0.05) is 17.5 Å². The summed E-state index contributed by atoms with van der Waals surface area (Å²) in [6.07, 6.45) is 7.59. The monoisotopic (exact) mass is 333 g/mol. The predicted molar refractivity (Wildman–Crippen MR) is 92.0 cm³/mol. The topological polar surface area (TPSA) is 69.2 Å². The van der Waals surface area contributed by atoms with Gasteiger partial charge in [-0.3, -0.25) is 9.69 Å². The number of H-pyrrole nitrogens is 1. The van der Waals surface area contributed by atoms with E-state index in [9.17, 15) is 4.79 Å². The zero-order valence-corrected chi connectivity index (χ0v) is 14.1. The number of aliphatic hydroxyl groups is 1. The molecule has 0 atom stereocenters. The van der Waals surface area contributed by atoms with Crippen LogP contribution in [0, 0.1) is 0 Å². The molecule has 1 fully saturated rings. The second-order valence-electron chi connectivity index (χ2n) is 6.68. The van der Waals surface area contributed by atoms with Gasteiger partial charge >= 0.3 is 0 Å². The highest BCUT2D eigenvalue weighted by Crippen LogP contribution is 2.34. The van der Waals surface area contributed by atoms with Crippen molar-refractivity contribution in [3.05, 3.63) is 26.6 Å². The second-order valence-corrected chi connectivity index (χ2v) is 7.77. The smallest absolute Gasteiger partial charge is 0.259 e. The normalized spacial score (nSPS) is 17.3. The van der Waals surface area contributed by atoms with Gasteiger partial charge in [0.1, 0.15) is 10.7 Å². The van der Waals surface area contributed by atoms with Crippen molar-refractivity contribution < 1.29 is 5.11 Å². The zero-order valence-electron chi connectivity index (χ0n) is 13.3. The van der Waals surface area contributed by atoms with Gasteiger partial charge in [-0.2, -0.15) is 0 Å². The summed E-state index contributed by atoms with van der Waals surface area (Å²) in [4.78, 5) is 25.0. The van der Waals surface area contributed by atoms with Crippen LogP contribution in [0.15, 0.2) is 4.79 Å². The van der Waals surface area contributed by atoms with E-state index in [2.05, 4.69) is 9.88 Å². The molecular weight excluding hydrogens is 310 g/mol. The van der Waals surface area contributed by atoms with Gasteiger partial charge in [0.2, 0.25) is 0 Å². The molecule has 2 N–H and O–H groups in total. The molecule has 0 aliphatic heterocycles. The first-order valence-electron chi connectivity index (χ1n) is 8.64. The van der Waals surface area contributed by atoms with Gasteiger partial charge in [-0.1, -0.05) is 0 Å². The number of aromatic amines is 1. The molecule has 0 aromatic carbocycles. The number of aliphatic hydroxyl groups excluding tert-OH is 1. The van der Waals surface area contributed by atoms with Crippen LogP contribution >= 0.6 is 11.3 Å². The van der Waals surface area contributed by atoms with E-state index >= 15 is 0 Å². The molecule has 124 valence electrons. The molecule has 1 saturated carbocycles. The molecule has 0 radical (unpaired) electrons. The van der Waals surface area contributed by atoms with Crippen molar-refractivity contribution in [3.8, 4) is 0 Å².